The molecule has 0 bridgehead atoms. The highest BCUT2D eigenvalue weighted by molar-refractivity contribution is 7.99. The summed E-state index contributed by atoms with van der Waals surface area (Å²) in [6.45, 7) is 7.39. The first kappa shape index (κ1) is 25.7. The average molecular weight is 449 g/mol. The molecular formula is C20H36N2O7S. The standard InChI is InChI=1S/C20H36N2O7S/c1-18(2,9-19(3,4)16(22)14(26)11(21)8-24)5-6-30-17-12-15(27)13(25)10(7-23)20(12,28)29-17/h8,10-13,15-17,23,25,27-28H,5-7,9,21-22H2,1-4H3. The van der Waals surface area contributed by atoms with Crippen LogP contribution in [0.2, 0.25) is 0 Å². The normalized spacial score (nSPS) is 36.0. The van der Waals surface area contributed by atoms with E-state index in [0.717, 1.165) is 6.42 Å². The average Bonchev–Trinajstić information content (AvgIpc) is 2.78. The number of carbonyl (C=O) groups is 2. The minimum absolute atomic E-state index is 0.193. The van der Waals surface area contributed by atoms with Crippen LogP contribution in [0.5, 0.6) is 0 Å². The summed E-state index contributed by atoms with van der Waals surface area (Å²) in [5.74, 6) is -3.11. The largest absolute Gasteiger partial charge is 0.396 e. The van der Waals surface area contributed by atoms with Crippen LogP contribution in [-0.4, -0.2) is 80.4 Å². The molecule has 0 aromatic carbocycles. The fourth-order valence-corrected chi connectivity index (χ4v) is 6.50. The van der Waals surface area contributed by atoms with Gasteiger partial charge in [-0.1, -0.05) is 27.7 Å². The highest BCUT2D eigenvalue weighted by Crippen LogP contribution is 2.56. The summed E-state index contributed by atoms with van der Waals surface area (Å²) in [6, 6.07) is -2.08. The maximum absolute atomic E-state index is 12.2. The van der Waals surface area contributed by atoms with Gasteiger partial charge in [0, 0.05) is 0 Å². The van der Waals surface area contributed by atoms with E-state index in [0.29, 0.717) is 18.5 Å². The summed E-state index contributed by atoms with van der Waals surface area (Å²) < 4.78 is 5.55. The van der Waals surface area contributed by atoms with Gasteiger partial charge in [-0.05, 0) is 29.4 Å². The van der Waals surface area contributed by atoms with Crippen molar-refractivity contribution in [1.29, 1.82) is 0 Å². The van der Waals surface area contributed by atoms with Crippen LogP contribution in [0.15, 0.2) is 0 Å². The molecular weight excluding hydrogens is 412 g/mol. The maximum Gasteiger partial charge on any atom is 0.183 e. The summed E-state index contributed by atoms with van der Waals surface area (Å²) >= 11 is 1.43. The van der Waals surface area contributed by atoms with Crippen LogP contribution in [0.25, 0.3) is 0 Å². The SMILES string of the molecule is CC(C)(CCSC1OC2(O)C(CO)C(O)C(O)C12)CC(C)(C)C(N)C(=O)C(N)C=O. The predicted molar refractivity (Wildman–Crippen MR) is 112 cm³/mol. The molecule has 1 aliphatic heterocycles. The number of aldehydes is 1. The van der Waals surface area contributed by atoms with Crippen molar-refractivity contribution in [3.8, 4) is 0 Å². The minimum Gasteiger partial charge on any atom is -0.396 e. The van der Waals surface area contributed by atoms with Gasteiger partial charge in [0.2, 0.25) is 0 Å². The predicted octanol–water partition coefficient (Wildman–Crippen LogP) is -1.02. The molecule has 0 aromatic heterocycles. The molecule has 8 atom stereocenters. The van der Waals surface area contributed by atoms with Crippen LogP contribution in [0.1, 0.15) is 40.5 Å². The molecule has 174 valence electrons. The second-order valence-electron chi connectivity index (χ2n) is 10.0. The van der Waals surface area contributed by atoms with E-state index < -0.39 is 65.2 Å². The zero-order valence-corrected chi connectivity index (χ0v) is 18.8. The van der Waals surface area contributed by atoms with Gasteiger partial charge in [0.25, 0.3) is 0 Å². The number of carbonyl (C=O) groups excluding carboxylic acids is 2. The van der Waals surface area contributed by atoms with Gasteiger partial charge in [-0.15, -0.1) is 11.8 Å². The molecule has 2 fully saturated rings. The lowest BCUT2D eigenvalue weighted by molar-refractivity contribution is -0.355. The van der Waals surface area contributed by atoms with Crippen molar-refractivity contribution in [2.45, 2.75) is 76.1 Å². The Balaban J connectivity index is 1.89. The lowest BCUT2D eigenvalue weighted by Gasteiger charge is -2.49. The van der Waals surface area contributed by atoms with Crippen molar-refractivity contribution in [3.05, 3.63) is 0 Å². The van der Waals surface area contributed by atoms with Gasteiger partial charge in [0.05, 0.1) is 36.7 Å². The first-order chi connectivity index (χ1) is 13.7. The van der Waals surface area contributed by atoms with Crippen LogP contribution in [-0.2, 0) is 14.3 Å². The third-order valence-electron chi connectivity index (χ3n) is 6.55. The van der Waals surface area contributed by atoms with Crippen molar-refractivity contribution in [3.63, 3.8) is 0 Å². The lowest BCUT2D eigenvalue weighted by atomic mass is 9.69. The number of rotatable bonds is 11. The fourth-order valence-electron chi connectivity index (χ4n) is 4.82. The number of ketones is 1. The number of aliphatic hydroxyl groups excluding tert-OH is 3. The number of ether oxygens (including phenoxy) is 1. The zero-order chi connectivity index (χ0) is 23.1. The third kappa shape index (κ3) is 4.75. The van der Waals surface area contributed by atoms with Gasteiger partial charge in [0.15, 0.2) is 11.6 Å². The molecule has 30 heavy (non-hydrogen) atoms. The molecule has 0 spiro atoms. The number of hydrogen-bond acceptors (Lipinski definition) is 10. The number of Topliss-reactive ketones (excluding diaryl/α,β-unsaturated/α-hetero) is 1. The van der Waals surface area contributed by atoms with Crippen LogP contribution in [0, 0.1) is 22.7 Å². The maximum atomic E-state index is 12.2. The fraction of sp³-hybridized carbons (Fsp3) is 0.900. The van der Waals surface area contributed by atoms with E-state index in [4.69, 9.17) is 16.2 Å². The second kappa shape index (κ2) is 9.11. The van der Waals surface area contributed by atoms with Crippen molar-refractivity contribution < 1.29 is 34.8 Å². The Morgan fingerprint density at radius 3 is 2.37 bits per heavy atom. The molecule has 0 aromatic rings. The minimum atomic E-state index is -1.70. The second-order valence-corrected chi connectivity index (χ2v) is 11.2. The number of fused-ring (bicyclic) bond motifs is 1. The van der Waals surface area contributed by atoms with E-state index in [-0.39, 0.29) is 5.41 Å². The Hall–Kier alpha value is -0.590. The third-order valence-corrected chi connectivity index (χ3v) is 7.71. The number of aliphatic hydroxyl groups is 4. The number of hydrogen-bond donors (Lipinski definition) is 6. The summed E-state index contributed by atoms with van der Waals surface area (Å²) in [5.41, 5.74) is 10.4. The van der Waals surface area contributed by atoms with Gasteiger partial charge in [-0.25, -0.2) is 0 Å². The van der Waals surface area contributed by atoms with Crippen molar-refractivity contribution in [2.24, 2.45) is 34.1 Å². The van der Waals surface area contributed by atoms with Gasteiger partial charge in [-0.2, -0.15) is 0 Å². The quantitative estimate of drug-likeness (QED) is 0.169. The topological polar surface area (TPSA) is 176 Å². The van der Waals surface area contributed by atoms with E-state index >= 15 is 0 Å². The number of nitrogens with two attached hydrogens (primary N) is 2. The number of thioether (sulfide) groups is 1. The molecule has 9 nitrogen and oxygen atoms in total. The molecule has 8 N–H and O–H groups in total. The van der Waals surface area contributed by atoms with Crippen LogP contribution in [0.3, 0.4) is 0 Å². The molecule has 1 heterocycles. The smallest absolute Gasteiger partial charge is 0.183 e. The van der Waals surface area contributed by atoms with Gasteiger partial charge >= 0.3 is 0 Å². The van der Waals surface area contributed by atoms with Gasteiger partial charge in [-0.3, -0.25) is 4.79 Å². The highest BCUT2D eigenvalue weighted by Gasteiger charge is 2.70. The molecule has 8 unspecified atom stereocenters. The van der Waals surface area contributed by atoms with E-state index in [2.05, 4.69) is 13.8 Å². The van der Waals surface area contributed by atoms with Crippen LogP contribution in [0.4, 0.5) is 0 Å². The zero-order valence-electron chi connectivity index (χ0n) is 18.0. The molecule has 0 radical (unpaired) electrons. The summed E-state index contributed by atoms with van der Waals surface area (Å²) in [7, 11) is 0. The first-order valence-electron chi connectivity index (χ1n) is 10.2. The first-order valence-corrected chi connectivity index (χ1v) is 11.3. The molecule has 10 heteroatoms. The van der Waals surface area contributed by atoms with E-state index in [9.17, 15) is 30.0 Å². The molecule has 2 aliphatic rings. The summed E-state index contributed by atoms with van der Waals surface area (Å²) in [5, 5.41) is 40.1. The Labute approximate surface area is 181 Å². The Morgan fingerprint density at radius 2 is 1.83 bits per heavy atom. The lowest BCUT2D eigenvalue weighted by Crippen LogP contribution is -2.61. The monoisotopic (exact) mass is 448 g/mol. The van der Waals surface area contributed by atoms with E-state index in [1.807, 2.05) is 13.8 Å². The Bertz CT molecular complexity index is 647. The molecule has 0 amide bonds. The molecule has 1 aliphatic carbocycles. The van der Waals surface area contributed by atoms with Crippen molar-refractivity contribution in [1.82, 2.24) is 0 Å². The van der Waals surface area contributed by atoms with E-state index in [1.54, 1.807) is 0 Å². The molecule has 1 saturated heterocycles. The summed E-state index contributed by atoms with van der Waals surface area (Å²) in [6.07, 6.45) is -0.628. The highest BCUT2D eigenvalue weighted by atomic mass is 32.2. The Kier molecular flexibility index (Phi) is 7.79. The molecule has 1 saturated carbocycles. The van der Waals surface area contributed by atoms with Crippen molar-refractivity contribution >= 4 is 23.8 Å². The van der Waals surface area contributed by atoms with Crippen LogP contribution >= 0.6 is 11.8 Å². The van der Waals surface area contributed by atoms with E-state index in [1.165, 1.54) is 11.8 Å². The van der Waals surface area contributed by atoms with Crippen LogP contribution < -0.4 is 11.5 Å². The summed E-state index contributed by atoms with van der Waals surface area (Å²) in [4.78, 5) is 23.0. The van der Waals surface area contributed by atoms with Gasteiger partial charge in [0.1, 0.15) is 17.8 Å². The Morgan fingerprint density at radius 1 is 1.23 bits per heavy atom. The van der Waals surface area contributed by atoms with Crippen molar-refractivity contribution in [2.75, 3.05) is 12.4 Å². The van der Waals surface area contributed by atoms with Gasteiger partial charge < -0.3 is 41.4 Å². The molecule has 2 rings (SSSR count).